The van der Waals surface area contributed by atoms with E-state index in [0.29, 0.717) is 11.6 Å². The van der Waals surface area contributed by atoms with Crippen LogP contribution < -0.4 is 5.32 Å². The van der Waals surface area contributed by atoms with E-state index < -0.39 is 0 Å². The van der Waals surface area contributed by atoms with Gasteiger partial charge in [-0.15, -0.1) is 5.10 Å². The van der Waals surface area contributed by atoms with Crippen LogP contribution in [0.1, 0.15) is 11.1 Å². The number of nitrogens with zero attached hydrogens (tertiary/aromatic N) is 5. The molecule has 0 aliphatic heterocycles. The molecule has 6 heteroatoms. The Labute approximate surface area is 139 Å². The van der Waals surface area contributed by atoms with Gasteiger partial charge in [0.05, 0.1) is 0 Å². The maximum Gasteiger partial charge on any atom is 0.247 e. The predicted molar refractivity (Wildman–Crippen MR) is 93.2 cm³/mol. The SMILES string of the molecule is Cc1cc(C)cc(Nc2nc3c(-c4cccnc4)nccn3n2)c1. The fourth-order valence-electron chi connectivity index (χ4n) is 2.75. The lowest BCUT2D eigenvalue weighted by molar-refractivity contribution is 0.951. The van der Waals surface area contributed by atoms with Crippen molar-refractivity contribution in [2.75, 3.05) is 5.32 Å². The summed E-state index contributed by atoms with van der Waals surface area (Å²) in [6.45, 7) is 4.14. The highest BCUT2D eigenvalue weighted by Crippen LogP contribution is 2.22. The van der Waals surface area contributed by atoms with Crippen LogP contribution in [-0.4, -0.2) is 24.6 Å². The molecule has 1 N–H and O–H groups in total. The lowest BCUT2D eigenvalue weighted by atomic mass is 10.1. The molecule has 1 aromatic carbocycles. The molecule has 4 aromatic rings. The third-order valence-electron chi connectivity index (χ3n) is 3.67. The Morgan fingerprint density at radius 3 is 2.62 bits per heavy atom. The van der Waals surface area contributed by atoms with E-state index in [2.05, 4.69) is 57.4 Å². The molecule has 3 aromatic heterocycles. The van der Waals surface area contributed by atoms with Crippen LogP contribution in [0.3, 0.4) is 0 Å². The van der Waals surface area contributed by atoms with E-state index in [9.17, 15) is 0 Å². The number of nitrogens with one attached hydrogen (secondary N) is 1. The number of anilines is 2. The van der Waals surface area contributed by atoms with Crippen LogP contribution in [0.15, 0.2) is 55.1 Å². The Balaban J connectivity index is 1.76. The van der Waals surface area contributed by atoms with Crippen LogP contribution in [0.2, 0.25) is 0 Å². The lowest BCUT2D eigenvalue weighted by Gasteiger charge is -2.04. The second-order valence-electron chi connectivity index (χ2n) is 5.72. The van der Waals surface area contributed by atoms with Crippen molar-refractivity contribution in [2.24, 2.45) is 0 Å². The number of rotatable bonds is 3. The molecule has 24 heavy (non-hydrogen) atoms. The molecule has 0 spiro atoms. The van der Waals surface area contributed by atoms with Gasteiger partial charge in [-0.05, 0) is 49.2 Å². The van der Waals surface area contributed by atoms with Crippen LogP contribution >= 0.6 is 0 Å². The number of hydrogen-bond acceptors (Lipinski definition) is 5. The average Bonchev–Trinajstić information content (AvgIpc) is 2.96. The number of fused-ring (bicyclic) bond motifs is 1. The Morgan fingerprint density at radius 1 is 1.04 bits per heavy atom. The quantitative estimate of drug-likeness (QED) is 0.626. The summed E-state index contributed by atoms with van der Waals surface area (Å²) in [6.07, 6.45) is 7.01. The Kier molecular flexibility index (Phi) is 3.42. The molecule has 6 nitrogen and oxygen atoms in total. The fourth-order valence-corrected chi connectivity index (χ4v) is 2.75. The van der Waals surface area contributed by atoms with Crippen molar-refractivity contribution in [3.8, 4) is 11.3 Å². The Morgan fingerprint density at radius 2 is 1.88 bits per heavy atom. The minimum Gasteiger partial charge on any atom is -0.323 e. The Bertz CT molecular complexity index is 986. The van der Waals surface area contributed by atoms with Gasteiger partial charge in [0.25, 0.3) is 0 Å². The fraction of sp³-hybridized carbons (Fsp3) is 0.111. The topological polar surface area (TPSA) is 68.0 Å². The highest BCUT2D eigenvalue weighted by atomic mass is 15.3. The smallest absolute Gasteiger partial charge is 0.247 e. The van der Waals surface area contributed by atoms with Gasteiger partial charge in [-0.25, -0.2) is 4.52 Å². The molecule has 0 atom stereocenters. The molecule has 0 unspecified atom stereocenters. The summed E-state index contributed by atoms with van der Waals surface area (Å²) in [5, 5.41) is 7.75. The monoisotopic (exact) mass is 316 g/mol. The first kappa shape index (κ1) is 14.3. The number of benzene rings is 1. The molecule has 0 aliphatic carbocycles. The van der Waals surface area contributed by atoms with Gasteiger partial charge in [0.2, 0.25) is 5.95 Å². The molecule has 4 rings (SSSR count). The van der Waals surface area contributed by atoms with Crippen molar-refractivity contribution < 1.29 is 0 Å². The second-order valence-corrected chi connectivity index (χ2v) is 5.72. The third-order valence-corrected chi connectivity index (χ3v) is 3.67. The van der Waals surface area contributed by atoms with E-state index in [0.717, 1.165) is 16.9 Å². The molecule has 0 amide bonds. The first-order chi connectivity index (χ1) is 11.7. The zero-order valence-electron chi connectivity index (χ0n) is 13.4. The molecular formula is C18H16N6. The number of pyridine rings is 1. The van der Waals surface area contributed by atoms with E-state index in [-0.39, 0.29) is 0 Å². The molecular weight excluding hydrogens is 300 g/mol. The highest BCUT2D eigenvalue weighted by molar-refractivity contribution is 5.74. The summed E-state index contributed by atoms with van der Waals surface area (Å²) in [5.74, 6) is 0.540. The summed E-state index contributed by atoms with van der Waals surface area (Å²) in [7, 11) is 0. The first-order valence-corrected chi connectivity index (χ1v) is 7.66. The predicted octanol–water partition coefficient (Wildman–Crippen LogP) is 3.55. The van der Waals surface area contributed by atoms with Gasteiger partial charge in [0, 0.05) is 36.0 Å². The summed E-state index contributed by atoms with van der Waals surface area (Å²) < 4.78 is 1.72. The second kappa shape index (κ2) is 5.73. The van der Waals surface area contributed by atoms with Gasteiger partial charge < -0.3 is 5.32 Å². The Hall–Kier alpha value is -3.28. The van der Waals surface area contributed by atoms with Crippen molar-refractivity contribution >= 4 is 17.3 Å². The molecule has 0 aliphatic rings. The normalized spacial score (nSPS) is 10.9. The molecule has 0 saturated heterocycles. The summed E-state index contributed by atoms with van der Waals surface area (Å²) in [6, 6.07) is 10.1. The number of hydrogen-bond donors (Lipinski definition) is 1. The van der Waals surface area contributed by atoms with Crippen molar-refractivity contribution in [1.82, 2.24) is 24.6 Å². The van der Waals surface area contributed by atoms with Crippen LogP contribution in [0.4, 0.5) is 11.6 Å². The molecule has 0 bridgehead atoms. The number of aryl methyl sites for hydroxylation is 2. The van der Waals surface area contributed by atoms with E-state index in [1.807, 2.05) is 12.1 Å². The van der Waals surface area contributed by atoms with Crippen molar-refractivity contribution in [3.05, 3.63) is 66.2 Å². The molecule has 3 heterocycles. The van der Waals surface area contributed by atoms with E-state index in [1.54, 1.807) is 29.3 Å². The average molecular weight is 316 g/mol. The zero-order valence-corrected chi connectivity index (χ0v) is 13.4. The van der Waals surface area contributed by atoms with Crippen molar-refractivity contribution in [2.45, 2.75) is 13.8 Å². The van der Waals surface area contributed by atoms with Crippen molar-refractivity contribution in [1.29, 1.82) is 0 Å². The molecule has 0 saturated carbocycles. The minimum absolute atomic E-state index is 0.540. The van der Waals surface area contributed by atoms with Crippen LogP contribution in [0.5, 0.6) is 0 Å². The maximum absolute atomic E-state index is 4.59. The zero-order chi connectivity index (χ0) is 16.5. The third kappa shape index (κ3) is 2.69. The van der Waals surface area contributed by atoms with Gasteiger partial charge >= 0.3 is 0 Å². The largest absolute Gasteiger partial charge is 0.323 e. The van der Waals surface area contributed by atoms with E-state index in [1.165, 1.54) is 11.1 Å². The number of aromatic nitrogens is 5. The van der Waals surface area contributed by atoms with E-state index >= 15 is 0 Å². The summed E-state index contributed by atoms with van der Waals surface area (Å²) >= 11 is 0. The van der Waals surface area contributed by atoms with Gasteiger partial charge in [0.15, 0.2) is 5.65 Å². The molecule has 118 valence electrons. The van der Waals surface area contributed by atoms with Gasteiger partial charge in [0.1, 0.15) is 5.69 Å². The standard InChI is InChI=1S/C18H16N6/c1-12-8-13(2)10-15(9-12)21-18-22-17-16(14-4-3-5-19-11-14)20-6-7-24(17)23-18/h3-11H,1-2H3,(H,21,23). The van der Waals surface area contributed by atoms with Gasteiger partial charge in [-0.3, -0.25) is 9.97 Å². The molecule has 0 fully saturated rings. The van der Waals surface area contributed by atoms with Gasteiger partial charge in [-0.2, -0.15) is 4.98 Å². The van der Waals surface area contributed by atoms with Crippen LogP contribution in [0.25, 0.3) is 16.9 Å². The highest BCUT2D eigenvalue weighted by Gasteiger charge is 2.11. The minimum atomic E-state index is 0.540. The first-order valence-electron chi connectivity index (χ1n) is 7.66. The lowest BCUT2D eigenvalue weighted by Crippen LogP contribution is -1.94. The van der Waals surface area contributed by atoms with Crippen LogP contribution in [-0.2, 0) is 0 Å². The van der Waals surface area contributed by atoms with Gasteiger partial charge in [-0.1, -0.05) is 6.07 Å². The van der Waals surface area contributed by atoms with Crippen molar-refractivity contribution in [3.63, 3.8) is 0 Å². The summed E-state index contributed by atoms with van der Waals surface area (Å²) in [4.78, 5) is 13.2. The molecule has 0 radical (unpaired) electrons. The van der Waals surface area contributed by atoms with E-state index in [4.69, 9.17) is 0 Å². The summed E-state index contributed by atoms with van der Waals surface area (Å²) in [5.41, 5.74) is 5.72. The van der Waals surface area contributed by atoms with Crippen LogP contribution in [0, 0.1) is 13.8 Å². The maximum atomic E-state index is 4.59.